The van der Waals surface area contributed by atoms with E-state index in [-0.39, 0.29) is 30.7 Å². The second kappa shape index (κ2) is 10.1. The van der Waals surface area contributed by atoms with Gasteiger partial charge in [0.25, 0.3) is 5.91 Å². The van der Waals surface area contributed by atoms with Crippen molar-refractivity contribution in [3.05, 3.63) is 42.6 Å². The molecule has 0 saturated heterocycles. The number of unbranched alkanes of at least 4 members (excludes halogenated alkanes) is 1. The van der Waals surface area contributed by atoms with Gasteiger partial charge in [-0.05, 0) is 31.5 Å². The third-order valence-corrected chi connectivity index (χ3v) is 2.70. The molecule has 0 spiro atoms. The standard InChI is InChI=1S/C13H17N5O.2ClH/c14-5-1-2-6-16-13(19)11-3-4-12(17-9-11)18-8-7-15-10-18;;/h3-4,7-10H,1-2,5-6,14H2,(H,16,19);2*1H. The topological polar surface area (TPSA) is 85.8 Å². The summed E-state index contributed by atoms with van der Waals surface area (Å²) in [6, 6.07) is 3.54. The molecule has 116 valence electrons. The highest BCUT2D eigenvalue weighted by Gasteiger charge is 2.05. The lowest BCUT2D eigenvalue weighted by molar-refractivity contribution is 0.0952. The molecule has 0 unspecified atom stereocenters. The summed E-state index contributed by atoms with van der Waals surface area (Å²) in [4.78, 5) is 20.0. The number of hydrogen-bond acceptors (Lipinski definition) is 4. The molecule has 2 aromatic rings. The van der Waals surface area contributed by atoms with Crippen LogP contribution in [0.25, 0.3) is 5.82 Å². The average Bonchev–Trinajstić information content (AvgIpc) is 2.98. The van der Waals surface area contributed by atoms with Crippen LogP contribution in [-0.4, -0.2) is 33.5 Å². The van der Waals surface area contributed by atoms with E-state index in [0.717, 1.165) is 18.7 Å². The monoisotopic (exact) mass is 331 g/mol. The van der Waals surface area contributed by atoms with Crippen molar-refractivity contribution in [2.75, 3.05) is 13.1 Å². The Kier molecular flexibility index (Phi) is 9.36. The van der Waals surface area contributed by atoms with Crippen molar-refractivity contribution >= 4 is 30.7 Å². The Bertz CT molecular complexity index is 516. The van der Waals surface area contributed by atoms with Crippen LogP contribution in [0.3, 0.4) is 0 Å². The lowest BCUT2D eigenvalue weighted by Gasteiger charge is -2.05. The Morgan fingerprint density at radius 3 is 2.67 bits per heavy atom. The van der Waals surface area contributed by atoms with Crippen molar-refractivity contribution in [1.82, 2.24) is 19.9 Å². The van der Waals surface area contributed by atoms with E-state index >= 15 is 0 Å². The minimum absolute atomic E-state index is 0. The molecule has 2 aromatic heterocycles. The molecule has 0 fully saturated rings. The smallest absolute Gasteiger partial charge is 0.252 e. The molecule has 0 saturated carbocycles. The van der Waals surface area contributed by atoms with E-state index in [2.05, 4.69) is 15.3 Å². The predicted molar refractivity (Wildman–Crippen MR) is 86.5 cm³/mol. The minimum Gasteiger partial charge on any atom is -0.352 e. The first kappa shape index (κ1) is 19.4. The summed E-state index contributed by atoms with van der Waals surface area (Å²) in [5.41, 5.74) is 5.94. The fourth-order valence-electron chi connectivity index (χ4n) is 1.64. The third-order valence-electron chi connectivity index (χ3n) is 2.70. The van der Waals surface area contributed by atoms with E-state index in [1.165, 1.54) is 0 Å². The van der Waals surface area contributed by atoms with Crippen LogP contribution >= 0.6 is 24.8 Å². The number of pyridine rings is 1. The number of nitrogens with zero attached hydrogens (tertiary/aromatic N) is 3. The summed E-state index contributed by atoms with van der Waals surface area (Å²) < 4.78 is 1.78. The molecule has 0 bridgehead atoms. The van der Waals surface area contributed by atoms with Gasteiger partial charge >= 0.3 is 0 Å². The third kappa shape index (κ3) is 5.71. The zero-order chi connectivity index (χ0) is 13.5. The number of hydrogen-bond donors (Lipinski definition) is 2. The van der Waals surface area contributed by atoms with Crippen molar-refractivity contribution in [3.63, 3.8) is 0 Å². The van der Waals surface area contributed by atoms with E-state index in [1.54, 1.807) is 41.6 Å². The van der Waals surface area contributed by atoms with Gasteiger partial charge in [-0.15, -0.1) is 24.8 Å². The molecule has 21 heavy (non-hydrogen) atoms. The van der Waals surface area contributed by atoms with Crippen LogP contribution in [-0.2, 0) is 0 Å². The molecular weight excluding hydrogens is 313 g/mol. The minimum atomic E-state index is -0.110. The molecule has 2 rings (SSSR count). The zero-order valence-corrected chi connectivity index (χ0v) is 13.1. The van der Waals surface area contributed by atoms with Gasteiger partial charge in [-0.25, -0.2) is 9.97 Å². The van der Waals surface area contributed by atoms with E-state index in [9.17, 15) is 4.79 Å². The molecule has 8 heteroatoms. The largest absolute Gasteiger partial charge is 0.352 e. The number of nitrogens with one attached hydrogen (secondary N) is 1. The number of halogens is 2. The van der Waals surface area contributed by atoms with E-state index in [1.807, 2.05) is 0 Å². The van der Waals surface area contributed by atoms with Gasteiger partial charge in [-0.3, -0.25) is 9.36 Å². The van der Waals surface area contributed by atoms with Gasteiger partial charge in [0.2, 0.25) is 0 Å². The number of rotatable bonds is 6. The first-order valence-corrected chi connectivity index (χ1v) is 6.24. The molecule has 0 aliphatic heterocycles. The number of imidazole rings is 1. The molecule has 1 amide bonds. The summed E-state index contributed by atoms with van der Waals surface area (Å²) >= 11 is 0. The fourth-order valence-corrected chi connectivity index (χ4v) is 1.64. The first-order chi connectivity index (χ1) is 9.31. The van der Waals surface area contributed by atoms with Crippen LogP contribution in [0, 0.1) is 0 Å². The van der Waals surface area contributed by atoms with Gasteiger partial charge < -0.3 is 11.1 Å². The highest BCUT2D eigenvalue weighted by atomic mass is 35.5. The molecule has 6 nitrogen and oxygen atoms in total. The maximum atomic E-state index is 11.8. The Morgan fingerprint density at radius 2 is 2.10 bits per heavy atom. The maximum Gasteiger partial charge on any atom is 0.252 e. The summed E-state index contributed by atoms with van der Waals surface area (Å²) in [5.74, 6) is 0.624. The van der Waals surface area contributed by atoms with Crippen LogP contribution in [0.1, 0.15) is 23.2 Å². The van der Waals surface area contributed by atoms with Gasteiger partial charge in [0.1, 0.15) is 12.1 Å². The van der Waals surface area contributed by atoms with Crippen molar-refractivity contribution in [2.24, 2.45) is 5.73 Å². The highest BCUT2D eigenvalue weighted by molar-refractivity contribution is 5.93. The van der Waals surface area contributed by atoms with E-state index in [4.69, 9.17) is 5.73 Å². The molecule has 2 heterocycles. The van der Waals surface area contributed by atoms with Gasteiger partial charge in [0, 0.05) is 25.1 Å². The number of amides is 1. The normalized spacial score (nSPS) is 9.38. The molecule has 0 atom stereocenters. The fraction of sp³-hybridized carbons (Fsp3) is 0.308. The Morgan fingerprint density at radius 1 is 1.29 bits per heavy atom. The SMILES string of the molecule is Cl.Cl.NCCCCNC(=O)c1ccc(-n2ccnc2)nc1. The highest BCUT2D eigenvalue weighted by Crippen LogP contribution is 2.05. The lowest BCUT2D eigenvalue weighted by atomic mass is 10.2. The van der Waals surface area contributed by atoms with Crippen LogP contribution in [0.4, 0.5) is 0 Å². The number of carbonyl (C=O) groups is 1. The van der Waals surface area contributed by atoms with Crippen LogP contribution in [0.5, 0.6) is 0 Å². The number of carbonyl (C=O) groups excluding carboxylic acids is 1. The Balaban J connectivity index is 0.00000200. The van der Waals surface area contributed by atoms with E-state index < -0.39 is 0 Å². The number of nitrogens with two attached hydrogens (primary N) is 1. The molecular formula is C13H19Cl2N5O. The Labute approximate surface area is 136 Å². The van der Waals surface area contributed by atoms with Crippen molar-refractivity contribution in [3.8, 4) is 5.82 Å². The predicted octanol–water partition coefficient (Wildman–Crippen LogP) is 1.58. The van der Waals surface area contributed by atoms with Gasteiger partial charge in [-0.2, -0.15) is 0 Å². The summed E-state index contributed by atoms with van der Waals surface area (Å²) in [6.07, 6.45) is 8.51. The lowest BCUT2D eigenvalue weighted by Crippen LogP contribution is -2.25. The molecule has 0 aliphatic carbocycles. The summed E-state index contributed by atoms with van der Waals surface area (Å²) in [5, 5.41) is 2.83. The van der Waals surface area contributed by atoms with Crippen LogP contribution in [0.2, 0.25) is 0 Å². The number of aromatic nitrogens is 3. The second-order valence-electron chi connectivity index (χ2n) is 4.13. The molecule has 3 N–H and O–H groups in total. The van der Waals surface area contributed by atoms with Crippen molar-refractivity contribution < 1.29 is 4.79 Å². The second-order valence-corrected chi connectivity index (χ2v) is 4.13. The summed E-state index contributed by atoms with van der Waals surface area (Å²) in [7, 11) is 0. The summed E-state index contributed by atoms with van der Waals surface area (Å²) in [6.45, 7) is 1.29. The van der Waals surface area contributed by atoms with Crippen LogP contribution in [0.15, 0.2) is 37.1 Å². The molecule has 0 aromatic carbocycles. The first-order valence-electron chi connectivity index (χ1n) is 6.24. The molecule has 0 aliphatic rings. The molecule has 0 radical (unpaired) electrons. The maximum absolute atomic E-state index is 11.8. The van der Waals surface area contributed by atoms with E-state index in [0.29, 0.717) is 18.7 Å². The van der Waals surface area contributed by atoms with Crippen molar-refractivity contribution in [2.45, 2.75) is 12.8 Å². The van der Waals surface area contributed by atoms with Gasteiger partial charge in [0.05, 0.1) is 5.56 Å². The van der Waals surface area contributed by atoms with Gasteiger partial charge in [-0.1, -0.05) is 0 Å². The zero-order valence-electron chi connectivity index (χ0n) is 11.4. The van der Waals surface area contributed by atoms with Gasteiger partial charge in [0.15, 0.2) is 0 Å². The van der Waals surface area contributed by atoms with Crippen molar-refractivity contribution in [1.29, 1.82) is 0 Å². The van der Waals surface area contributed by atoms with Crippen LogP contribution < -0.4 is 11.1 Å². The average molecular weight is 332 g/mol. The Hall–Kier alpha value is -1.63. The quantitative estimate of drug-likeness (QED) is 0.787.